The highest BCUT2D eigenvalue weighted by molar-refractivity contribution is 6.65. The molecular weight excluding hydrogens is 264 g/mol. The first-order valence-corrected chi connectivity index (χ1v) is 6.31. The summed E-state index contributed by atoms with van der Waals surface area (Å²) in [6, 6.07) is 11.0. The second-order valence-corrected chi connectivity index (χ2v) is 4.94. The molecule has 1 unspecified atom stereocenters. The van der Waals surface area contributed by atoms with Crippen LogP contribution in [0, 0.1) is 0 Å². The number of methoxy groups -OCH3 is 1. The molecule has 0 spiro atoms. The second-order valence-electron chi connectivity index (χ2n) is 4.59. The second kappa shape index (κ2) is 5.49. The molecule has 0 aliphatic carbocycles. The highest BCUT2D eigenvalue weighted by Crippen LogP contribution is 2.32. The fourth-order valence-electron chi connectivity index (χ4n) is 2.01. The van der Waals surface area contributed by atoms with Gasteiger partial charge >= 0.3 is 0 Å². The zero-order valence-corrected chi connectivity index (χ0v) is 11.6. The van der Waals surface area contributed by atoms with Crippen molar-refractivity contribution in [3.05, 3.63) is 54.0 Å². The quantitative estimate of drug-likeness (QED) is 0.785. The predicted octanol–water partition coefficient (Wildman–Crippen LogP) is 3.55. The van der Waals surface area contributed by atoms with Gasteiger partial charge in [0.05, 0.1) is 18.8 Å². The monoisotopic (exact) mass is 278 g/mol. The molecule has 1 aromatic heterocycles. The van der Waals surface area contributed by atoms with Gasteiger partial charge < -0.3 is 9.15 Å². The number of hydrogen-bond donors (Lipinski definition) is 0. The summed E-state index contributed by atoms with van der Waals surface area (Å²) in [6.07, 6.45) is 2.00. The summed E-state index contributed by atoms with van der Waals surface area (Å²) < 4.78 is 10.5. The third kappa shape index (κ3) is 2.82. The molecule has 0 fully saturated rings. The Morgan fingerprint density at radius 3 is 2.74 bits per heavy atom. The first kappa shape index (κ1) is 13.7. The topological polar surface area (TPSA) is 39.4 Å². The van der Waals surface area contributed by atoms with E-state index in [2.05, 4.69) is 0 Å². The molecule has 1 atom stereocenters. The standard InChI is InChI=1S/C15H15ClO3/c1-15(14(16)17,10-13-7-4-8-19-13)11-5-3-6-12(9-11)18-2/h3-9H,10H2,1-2H3. The number of furan rings is 1. The zero-order chi connectivity index (χ0) is 13.9. The Balaban J connectivity index is 2.40. The van der Waals surface area contributed by atoms with Gasteiger partial charge in [-0.15, -0.1) is 0 Å². The van der Waals surface area contributed by atoms with E-state index in [0.29, 0.717) is 12.2 Å². The maximum absolute atomic E-state index is 11.9. The summed E-state index contributed by atoms with van der Waals surface area (Å²) in [5.74, 6) is 1.42. The van der Waals surface area contributed by atoms with Crippen LogP contribution in [0.1, 0.15) is 18.2 Å². The van der Waals surface area contributed by atoms with E-state index in [-0.39, 0.29) is 0 Å². The van der Waals surface area contributed by atoms with Crippen LogP contribution in [-0.2, 0) is 16.6 Å². The average Bonchev–Trinajstić information content (AvgIpc) is 2.91. The maximum atomic E-state index is 11.9. The molecule has 0 radical (unpaired) electrons. The minimum absolute atomic E-state index is 0.412. The van der Waals surface area contributed by atoms with Crippen molar-refractivity contribution in [1.29, 1.82) is 0 Å². The van der Waals surface area contributed by atoms with E-state index in [1.54, 1.807) is 26.4 Å². The molecule has 1 heterocycles. The Bertz CT molecular complexity index is 563. The van der Waals surface area contributed by atoms with Crippen LogP contribution in [-0.4, -0.2) is 12.4 Å². The SMILES string of the molecule is COc1cccc(C(C)(Cc2ccco2)C(=O)Cl)c1. The summed E-state index contributed by atoms with van der Waals surface area (Å²) in [7, 11) is 1.59. The van der Waals surface area contributed by atoms with Gasteiger partial charge in [-0.3, -0.25) is 4.79 Å². The third-order valence-electron chi connectivity index (χ3n) is 3.25. The fraction of sp³-hybridized carbons (Fsp3) is 0.267. The van der Waals surface area contributed by atoms with Gasteiger partial charge in [0.1, 0.15) is 11.5 Å². The van der Waals surface area contributed by atoms with E-state index in [1.807, 2.05) is 30.3 Å². The largest absolute Gasteiger partial charge is 0.497 e. The number of rotatable bonds is 5. The normalized spacial score (nSPS) is 13.8. The van der Waals surface area contributed by atoms with Gasteiger partial charge in [0, 0.05) is 6.42 Å². The molecule has 0 bridgehead atoms. The highest BCUT2D eigenvalue weighted by atomic mass is 35.5. The molecule has 0 amide bonds. The van der Waals surface area contributed by atoms with E-state index in [1.165, 1.54) is 0 Å². The molecule has 100 valence electrons. The Labute approximate surface area is 117 Å². The smallest absolute Gasteiger partial charge is 0.232 e. The van der Waals surface area contributed by atoms with Gasteiger partial charge in [-0.05, 0) is 48.4 Å². The number of carbonyl (C=O) groups is 1. The molecule has 1 aromatic carbocycles. The third-order valence-corrected chi connectivity index (χ3v) is 3.67. The van der Waals surface area contributed by atoms with Gasteiger partial charge in [-0.1, -0.05) is 12.1 Å². The van der Waals surface area contributed by atoms with E-state index in [0.717, 1.165) is 11.3 Å². The van der Waals surface area contributed by atoms with Gasteiger partial charge in [-0.25, -0.2) is 0 Å². The van der Waals surface area contributed by atoms with Crippen LogP contribution >= 0.6 is 11.6 Å². The molecule has 4 heteroatoms. The average molecular weight is 279 g/mol. The van der Waals surface area contributed by atoms with Crippen LogP contribution < -0.4 is 4.74 Å². The van der Waals surface area contributed by atoms with Crippen LogP contribution in [0.5, 0.6) is 5.75 Å². The maximum Gasteiger partial charge on any atom is 0.232 e. The van der Waals surface area contributed by atoms with Gasteiger partial charge in [-0.2, -0.15) is 0 Å². The molecule has 19 heavy (non-hydrogen) atoms. The molecule has 0 saturated heterocycles. The van der Waals surface area contributed by atoms with Gasteiger partial charge in [0.25, 0.3) is 0 Å². The summed E-state index contributed by atoms with van der Waals surface area (Å²) in [5.41, 5.74) is -0.0308. The number of benzene rings is 1. The zero-order valence-electron chi connectivity index (χ0n) is 10.9. The van der Waals surface area contributed by atoms with Crippen LogP contribution in [0.2, 0.25) is 0 Å². The van der Waals surface area contributed by atoms with Crippen molar-refractivity contribution < 1.29 is 13.9 Å². The molecule has 2 rings (SSSR count). The molecule has 2 aromatic rings. The Morgan fingerprint density at radius 1 is 1.37 bits per heavy atom. The van der Waals surface area contributed by atoms with Crippen LogP contribution in [0.25, 0.3) is 0 Å². The van der Waals surface area contributed by atoms with Crippen molar-refractivity contribution >= 4 is 16.8 Å². The lowest BCUT2D eigenvalue weighted by atomic mass is 9.80. The number of ether oxygens (including phenoxy) is 1. The summed E-state index contributed by atoms with van der Waals surface area (Å²) in [6.45, 7) is 1.81. The fourth-order valence-corrected chi connectivity index (χ4v) is 2.19. The highest BCUT2D eigenvalue weighted by Gasteiger charge is 2.35. The molecule has 0 saturated carbocycles. The van der Waals surface area contributed by atoms with E-state index >= 15 is 0 Å². The first-order valence-electron chi connectivity index (χ1n) is 5.93. The molecule has 0 aliphatic rings. The van der Waals surface area contributed by atoms with Crippen molar-refractivity contribution in [2.24, 2.45) is 0 Å². The lowest BCUT2D eigenvalue weighted by Crippen LogP contribution is -2.31. The van der Waals surface area contributed by atoms with Crippen molar-refractivity contribution in [3.63, 3.8) is 0 Å². The van der Waals surface area contributed by atoms with Crippen molar-refractivity contribution in [2.45, 2.75) is 18.8 Å². The molecule has 0 N–H and O–H groups in total. The number of hydrogen-bond acceptors (Lipinski definition) is 3. The van der Waals surface area contributed by atoms with Gasteiger partial charge in [0.15, 0.2) is 0 Å². The van der Waals surface area contributed by atoms with E-state index in [9.17, 15) is 4.79 Å². The molecular formula is C15H15ClO3. The van der Waals surface area contributed by atoms with Crippen LogP contribution in [0.4, 0.5) is 0 Å². The number of carbonyl (C=O) groups excluding carboxylic acids is 1. The summed E-state index contributed by atoms with van der Waals surface area (Å²) in [4.78, 5) is 11.9. The van der Waals surface area contributed by atoms with Gasteiger partial charge in [0.2, 0.25) is 5.24 Å². The Hall–Kier alpha value is -1.74. The lowest BCUT2D eigenvalue weighted by Gasteiger charge is -2.25. The summed E-state index contributed by atoms with van der Waals surface area (Å²) in [5, 5.41) is -0.419. The minimum Gasteiger partial charge on any atom is -0.497 e. The van der Waals surface area contributed by atoms with Crippen molar-refractivity contribution in [3.8, 4) is 5.75 Å². The van der Waals surface area contributed by atoms with E-state index in [4.69, 9.17) is 20.8 Å². The predicted molar refractivity (Wildman–Crippen MR) is 73.6 cm³/mol. The van der Waals surface area contributed by atoms with Crippen LogP contribution in [0.15, 0.2) is 47.1 Å². The molecule has 3 nitrogen and oxygen atoms in total. The number of halogens is 1. The van der Waals surface area contributed by atoms with Crippen molar-refractivity contribution in [1.82, 2.24) is 0 Å². The lowest BCUT2D eigenvalue weighted by molar-refractivity contribution is -0.116. The Morgan fingerprint density at radius 2 is 2.16 bits per heavy atom. The van der Waals surface area contributed by atoms with Crippen molar-refractivity contribution in [2.75, 3.05) is 7.11 Å². The first-order chi connectivity index (χ1) is 9.06. The minimum atomic E-state index is -0.839. The molecule has 0 aliphatic heterocycles. The summed E-state index contributed by atoms with van der Waals surface area (Å²) >= 11 is 5.81. The Kier molecular flexibility index (Phi) is 3.96. The van der Waals surface area contributed by atoms with E-state index < -0.39 is 10.7 Å². The van der Waals surface area contributed by atoms with Crippen LogP contribution in [0.3, 0.4) is 0 Å².